The first kappa shape index (κ1) is 14.0. The van der Waals surface area contributed by atoms with Crippen molar-refractivity contribution in [1.29, 1.82) is 0 Å². The van der Waals surface area contributed by atoms with E-state index < -0.39 is 6.43 Å². The first-order valence-electron chi connectivity index (χ1n) is 5.32. The third-order valence-electron chi connectivity index (χ3n) is 1.88. The summed E-state index contributed by atoms with van der Waals surface area (Å²) in [7, 11) is 0. The van der Waals surface area contributed by atoms with Crippen molar-refractivity contribution in [3.63, 3.8) is 0 Å². The van der Waals surface area contributed by atoms with Gasteiger partial charge < -0.3 is 0 Å². The van der Waals surface area contributed by atoms with Crippen LogP contribution in [0.5, 0.6) is 0 Å². The Kier molecular flexibility index (Phi) is 6.84. The molecule has 0 saturated carbocycles. The highest BCUT2D eigenvalue weighted by molar-refractivity contribution is 5.17. The zero-order valence-corrected chi connectivity index (χ0v) is 9.80. The van der Waals surface area contributed by atoms with Crippen LogP contribution in [0.4, 0.5) is 8.78 Å². The molecular weight excluding hydrogens is 196 g/mol. The molecule has 0 unspecified atom stereocenters. The number of aromatic nitrogens is 1. The predicted octanol–water partition coefficient (Wildman–Crippen LogP) is 4.04. The minimum Gasteiger partial charge on any atom is -0.261 e. The van der Waals surface area contributed by atoms with Gasteiger partial charge >= 0.3 is 0 Å². The first-order valence-corrected chi connectivity index (χ1v) is 5.32. The summed E-state index contributed by atoms with van der Waals surface area (Å²) in [4.78, 5) is 3.96. The lowest BCUT2D eigenvalue weighted by Crippen LogP contribution is -2.00. The van der Waals surface area contributed by atoms with Crippen LogP contribution in [-0.4, -0.2) is 11.4 Å². The van der Waals surface area contributed by atoms with E-state index in [-0.39, 0.29) is 6.42 Å². The van der Waals surface area contributed by atoms with E-state index in [9.17, 15) is 8.78 Å². The molecular formula is C12H19F2N. The van der Waals surface area contributed by atoms with Crippen molar-refractivity contribution in [3.05, 3.63) is 29.6 Å². The van der Waals surface area contributed by atoms with Gasteiger partial charge in [0.2, 0.25) is 6.43 Å². The largest absolute Gasteiger partial charge is 0.261 e. The number of halogens is 2. The lowest BCUT2D eigenvalue weighted by atomic mass is 10.1. The van der Waals surface area contributed by atoms with Crippen molar-refractivity contribution in [2.45, 2.75) is 46.5 Å². The van der Waals surface area contributed by atoms with Crippen molar-refractivity contribution in [1.82, 2.24) is 4.98 Å². The molecule has 0 saturated heterocycles. The van der Waals surface area contributed by atoms with Crippen LogP contribution in [0.3, 0.4) is 0 Å². The second kappa shape index (κ2) is 7.32. The van der Waals surface area contributed by atoms with Crippen molar-refractivity contribution in [2.75, 3.05) is 0 Å². The van der Waals surface area contributed by atoms with E-state index in [1.807, 2.05) is 33.8 Å². The third-order valence-corrected chi connectivity index (χ3v) is 1.88. The number of nitrogens with zero attached hydrogens (tertiary/aromatic N) is 1. The molecule has 0 aromatic carbocycles. The van der Waals surface area contributed by atoms with Gasteiger partial charge in [-0.2, -0.15) is 0 Å². The van der Waals surface area contributed by atoms with E-state index in [1.54, 1.807) is 12.3 Å². The van der Waals surface area contributed by atoms with E-state index in [0.717, 1.165) is 5.56 Å². The number of pyridine rings is 1. The molecule has 0 radical (unpaired) electrons. The molecule has 0 spiro atoms. The molecule has 1 aromatic heterocycles. The first-order chi connectivity index (χ1) is 7.09. The van der Waals surface area contributed by atoms with Gasteiger partial charge in [-0.1, -0.05) is 33.8 Å². The molecule has 0 atom stereocenters. The van der Waals surface area contributed by atoms with Gasteiger partial charge in [0, 0.05) is 11.9 Å². The van der Waals surface area contributed by atoms with Crippen molar-refractivity contribution in [2.24, 2.45) is 0 Å². The molecule has 3 heteroatoms. The molecule has 1 rings (SSSR count). The van der Waals surface area contributed by atoms with Crippen LogP contribution in [-0.2, 0) is 6.42 Å². The van der Waals surface area contributed by atoms with Gasteiger partial charge in [0.15, 0.2) is 0 Å². The predicted molar refractivity (Wildman–Crippen MR) is 59.4 cm³/mol. The Bertz CT molecular complexity index is 255. The zero-order chi connectivity index (χ0) is 11.8. The van der Waals surface area contributed by atoms with Gasteiger partial charge in [0.25, 0.3) is 0 Å². The molecule has 0 aliphatic carbocycles. The lowest BCUT2D eigenvalue weighted by Gasteiger charge is -2.05. The summed E-state index contributed by atoms with van der Waals surface area (Å²) < 4.78 is 23.9. The summed E-state index contributed by atoms with van der Waals surface area (Å²) in [6.07, 6.45) is -0.891. The van der Waals surface area contributed by atoms with Crippen LogP contribution in [0.25, 0.3) is 0 Å². The molecule has 1 aromatic rings. The Morgan fingerprint density at radius 3 is 2.13 bits per heavy atom. The van der Waals surface area contributed by atoms with Crippen LogP contribution < -0.4 is 0 Å². The fraction of sp³-hybridized carbons (Fsp3) is 0.583. The van der Waals surface area contributed by atoms with Gasteiger partial charge in [-0.15, -0.1) is 0 Å². The maximum Gasteiger partial charge on any atom is 0.244 e. The van der Waals surface area contributed by atoms with Crippen molar-refractivity contribution >= 4 is 0 Å². The maximum absolute atomic E-state index is 11.9. The topological polar surface area (TPSA) is 12.9 Å². The molecule has 15 heavy (non-hydrogen) atoms. The Morgan fingerprint density at radius 1 is 1.20 bits per heavy atom. The SMILES string of the molecule is CC.CC(C)c1ccc(CC(F)F)nc1. The number of hydrogen-bond acceptors (Lipinski definition) is 1. The van der Waals surface area contributed by atoms with E-state index >= 15 is 0 Å². The highest BCUT2D eigenvalue weighted by Crippen LogP contribution is 2.13. The Hall–Kier alpha value is -0.990. The van der Waals surface area contributed by atoms with Crippen LogP contribution in [0.1, 0.15) is 44.9 Å². The molecule has 0 bridgehead atoms. The smallest absolute Gasteiger partial charge is 0.244 e. The lowest BCUT2D eigenvalue weighted by molar-refractivity contribution is 0.148. The van der Waals surface area contributed by atoms with Crippen molar-refractivity contribution < 1.29 is 8.78 Å². The average molecular weight is 215 g/mol. The van der Waals surface area contributed by atoms with E-state index in [0.29, 0.717) is 11.6 Å². The number of hydrogen-bond donors (Lipinski definition) is 0. The zero-order valence-electron chi connectivity index (χ0n) is 9.80. The van der Waals surface area contributed by atoms with E-state index in [2.05, 4.69) is 4.98 Å². The molecule has 0 aliphatic heterocycles. The minimum absolute atomic E-state index is 0.252. The summed E-state index contributed by atoms with van der Waals surface area (Å²) in [6, 6.07) is 3.52. The van der Waals surface area contributed by atoms with Gasteiger partial charge in [-0.25, -0.2) is 8.78 Å². The van der Waals surface area contributed by atoms with Gasteiger partial charge in [0.1, 0.15) is 0 Å². The summed E-state index contributed by atoms with van der Waals surface area (Å²) in [5.41, 5.74) is 1.54. The number of alkyl halides is 2. The normalized spacial score (nSPS) is 10.1. The fourth-order valence-electron chi connectivity index (χ4n) is 1.06. The summed E-state index contributed by atoms with van der Waals surface area (Å²) >= 11 is 0. The quantitative estimate of drug-likeness (QED) is 0.741. The summed E-state index contributed by atoms with van der Waals surface area (Å²) in [6.45, 7) is 8.09. The van der Waals surface area contributed by atoms with Crippen molar-refractivity contribution in [3.8, 4) is 0 Å². The average Bonchev–Trinajstić information content (AvgIpc) is 2.20. The monoisotopic (exact) mass is 215 g/mol. The molecule has 1 nitrogen and oxygen atoms in total. The highest BCUT2D eigenvalue weighted by Gasteiger charge is 2.06. The molecule has 0 amide bonds. The Balaban J connectivity index is 0.000000921. The van der Waals surface area contributed by atoms with Crippen LogP contribution in [0.2, 0.25) is 0 Å². The fourth-order valence-corrected chi connectivity index (χ4v) is 1.06. The summed E-state index contributed by atoms with van der Waals surface area (Å²) in [5.74, 6) is 0.396. The summed E-state index contributed by atoms with van der Waals surface area (Å²) in [5, 5.41) is 0. The van der Waals surface area contributed by atoms with E-state index in [4.69, 9.17) is 0 Å². The highest BCUT2D eigenvalue weighted by atomic mass is 19.3. The number of rotatable bonds is 3. The second-order valence-corrected chi connectivity index (χ2v) is 3.33. The van der Waals surface area contributed by atoms with Crippen LogP contribution in [0, 0.1) is 0 Å². The van der Waals surface area contributed by atoms with Gasteiger partial charge in [0.05, 0.1) is 6.42 Å². The molecule has 0 N–H and O–H groups in total. The Morgan fingerprint density at radius 2 is 1.80 bits per heavy atom. The van der Waals surface area contributed by atoms with Crippen LogP contribution in [0.15, 0.2) is 18.3 Å². The Labute approximate surface area is 90.5 Å². The van der Waals surface area contributed by atoms with E-state index in [1.165, 1.54) is 0 Å². The second-order valence-electron chi connectivity index (χ2n) is 3.33. The maximum atomic E-state index is 11.9. The standard InChI is InChI=1S/C10H13F2N.C2H6/c1-7(2)8-3-4-9(13-6-8)5-10(11)12;1-2/h3-4,6-7,10H,5H2,1-2H3;1-2H3. The van der Waals surface area contributed by atoms with Gasteiger partial charge in [-0.3, -0.25) is 4.98 Å². The van der Waals surface area contributed by atoms with Crippen LogP contribution >= 0.6 is 0 Å². The molecule has 86 valence electrons. The third kappa shape index (κ3) is 5.45. The van der Waals surface area contributed by atoms with Gasteiger partial charge in [-0.05, 0) is 17.5 Å². The molecule has 1 heterocycles. The molecule has 0 fully saturated rings. The molecule has 0 aliphatic rings. The minimum atomic E-state index is -2.31.